The number of hydrogen-bond acceptors (Lipinski definition) is 3. The summed E-state index contributed by atoms with van der Waals surface area (Å²) >= 11 is 0. The molecule has 0 saturated carbocycles. The lowest BCUT2D eigenvalue weighted by Gasteiger charge is -1.95. The van der Waals surface area contributed by atoms with Crippen LogP contribution < -0.4 is 0 Å². The van der Waals surface area contributed by atoms with E-state index in [4.69, 9.17) is 0 Å². The van der Waals surface area contributed by atoms with E-state index in [-0.39, 0.29) is 0 Å². The fourth-order valence-electron chi connectivity index (χ4n) is 1.51. The van der Waals surface area contributed by atoms with E-state index in [1.165, 1.54) is 0 Å². The van der Waals surface area contributed by atoms with Gasteiger partial charge in [-0.3, -0.25) is 9.97 Å². The van der Waals surface area contributed by atoms with Crippen molar-refractivity contribution in [1.29, 1.82) is 0 Å². The third-order valence-electron chi connectivity index (χ3n) is 2.46. The molecule has 0 saturated heterocycles. The zero-order valence-electron chi connectivity index (χ0n) is 10.4. The zero-order chi connectivity index (χ0) is 13.3. The molecule has 0 amide bonds. The molecule has 2 aromatic rings. The van der Waals surface area contributed by atoms with E-state index in [0.29, 0.717) is 6.42 Å². The number of pyridine rings is 2. The summed E-state index contributed by atoms with van der Waals surface area (Å²) in [5, 5.41) is 0. The van der Waals surface area contributed by atoms with Crippen molar-refractivity contribution in [3.05, 3.63) is 65.8 Å². The minimum absolute atomic E-state index is 0.420. The maximum Gasteiger partial charge on any atom is 0.123 e. The molecule has 0 fully saturated rings. The Labute approximate surface area is 112 Å². The van der Waals surface area contributed by atoms with Gasteiger partial charge in [0, 0.05) is 18.8 Å². The van der Waals surface area contributed by atoms with Gasteiger partial charge in [-0.1, -0.05) is 24.3 Å². The molecule has 0 aliphatic carbocycles. The predicted molar refractivity (Wildman–Crippen MR) is 77.1 cm³/mol. The van der Waals surface area contributed by atoms with E-state index in [0.717, 1.165) is 23.2 Å². The smallest absolute Gasteiger partial charge is 0.123 e. The Bertz CT molecular complexity index is 571. The standard InChI is InChI=1S/C16H14N2O/c19-12-4-2-6-16-10-8-14(13-18-16)7-9-15-5-1-3-11-17-15/h1-3,5-13H,4H2. The lowest BCUT2D eigenvalue weighted by atomic mass is 10.2. The number of carbonyl (C=O) groups is 1. The van der Waals surface area contributed by atoms with Crippen LogP contribution >= 0.6 is 0 Å². The third kappa shape index (κ3) is 4.32. The molecule has 0 unspecified atom stereocenters. The molecule has 0 aliphatic rings. The van der Waals surface area contributed by atoms with Crippen LogP contribution in [0.15, 0.2) is 48.8 Å². The van der Waals surface area contributed by atoms with Gasteiger partial charge in [0.25, 0.3) is 0 Å². The highest BCUT2D eigenvalue weighted by molar-refractivity contribution is 5.67. The molecular weight excluding hydrogens is 236 g/mol. The molecule has 0 radical (unpaired) electrons. The minimum atomic E-state index is 0.420. The van der Waals surface area contributed by atoms with E-state index in [1.807, 2.05) is 48.6 Å². The fourth-order valence-corrected chi connectivity index (χ4v) is 1.51. The van der Waals surface area contributed by atoms with Crippen molar-refractivity contribution in [2.45, 2.75) is 6.42 Å². The highest BCUT2D eigenvalue weighted by Crippen LogP contribution is 2.07. The van der Waals surface area contributed by atoms with Crippen molar-refractivity contribution >= 4 is 24.5 Å². The topological polar surface area (TPSA) is 42.9 Å². The first-order chi connectivity index (χ1) is 9.38. The summed E-state index contributed by atoms with van der Waals surface area (Å²) in [6.07, 6.45) is 12.4. The molecule has 0 N–H and O–H groups in total. The maximum absolute atomic E-state index is 10.2. The third-order valence-corrected chi connectivity index (χ3v) is 2.46. The molecule has 2 heterocycles. The second-order valence-electron chi connectivity index (χ2n) is 3.91. The molecular formula is C16H14N2O. The van der Waals surface area contributed by atoms with E-state index < -0.39 is 0 Å². The molecule has 0 aliphatic heterocycles. The predicted octanol–water partition coefficient (Wildman–Crippen LogP) is 3.25. The largest absolute Gasteiger partial charge is 0.303 e. The number of carbonyl (C=O) groups excluding carboxylic acids is 1. The van der Waals surface area contributed by atoms with Gasteiger partial charge in [-0.15, -0.1) is 0 Å². The molecule has 19 heavy (non-hydrogen) atoms. The quantitative estimate of drug-likeness (QED) is 0.765. The highest BCUT2D eigenvalue weighted by atomic mass is 16.1. The summed E-state index contributed by atoms with van der Waals surface area (Å²) in [7, 11) is 0. The lowest BCUT2D eigenvalue weighted by molar-refractivity contribution is -0.107. The molecule has 0 atom stereocenters. The van der Waals surface area contributed by atoms with Gasteiger partial charge in [-0.05, 0) is 35.9 Å². The second kappa shape index (κ2) is 7.01. The summed E-state index contributed by atoms with van der Waals surface area (Å²) < 4.78 is 0. The van der Waals surface area contributed by atoms with Crippen LogP contribution in [0, 0.1) is 0 Å². The maximum atomic E-state index is 10.2. The first-order valence-corrected chi connectivity index (χ1v) is 6.04. The van der Waals surface area contributed by atoms with Crippen molar-refractivity contribution in [2.24, 2.45) is 0 Å². The molecule has 0 aromatic carbocycles. The number of aldehydes is 1. The van der Waals surface area contributed by atoms with Gasteiger partial charge >= 0.3 is 0 Å². The average molecular weight is 250 g/mol. The Morgan fingerprint density at radius 2 is 1.84 bits per heavy atom. The van der Waals surface area contributed by atoms with Crippen LogP contribution in [-0.2, 0) is 4.79 Å². The number of allylic oxidation sites excluding steroid dienone is 1. The van der Waals surface area contributed by atoms with Gasteiger partial charge < -0.3 is 4.79 Å². The Morgan fingerprint density at radius 1 is 0.947 bits per heavy atom. The fraction of sp³-hybridized carbons (Fsp3) is 0.0625. The number of rotatable bonds is 5. The monoisotopic (exact) mass is 250 g/mol. The van der Waals surface area contributed by atoms with E-state index >= 15 is 0 Å². The molecule has 0 spiro atoms. The molecule has 2 rings (SSSR count). The van der Waals surface area contributed by atoms with Gasteiger partial charge in [0.05, 0.1) is 11.4 Å². The first-order valence-electron chi connectivity index (χ1n) is 6.04. The van der Waals surface area contributed by atoms with Gasteiger partial charge in [0.1, 0.15) is 6.29 Å². The van der Waals surface area contributed by atoms with Crippen LogP contribution in [0.3, 0.4) is 0 Å². The number of nitrogens with zero attached hydrogens (tertiary/aromatic N) is 2. The lowest BCUT2D eigenvalue weighted by Crippen LogP contribution is -1.82. The summed E-state index contributed by atoms with van der Waals surface area (Å²) in [4.78, 5) is 18.7. The van der Waals surface area contributed by atoms with Crippen LogP contribution in [-0.4, -0.2) is 16.3 Å². The zero-order valence-corrected chi connectivity index (χ0v) is 10.4. The van der Waals surface area contributed by atoms with Crippen LogP contribution in [0.1, 0.15) is 23.4 Å². The van der Waals surface area contributed by atoms with Gasteiger partial charge in [-0.2, -0.15) is 0 Å². The SMILES string of the molecule is O=CCC=Cc1ccc(C=Cc2ccccn2)cn1. The normalized spacial score (nSPS) is 11.2. The van der Waals surface area contributed by atoms with Gasteiger partial charge in [0.15, 0.2) is 0 Å². The summed E-state index contributed by atoms with van der Waals surface area (Å²) in [6, 6.07) is 9.68. The summed E-state index contributed by atoms with van der Waals surface area (Å²) in [5.74, 6) is 0. The van der Waals surface area contributed by atoms with Crippen molar-refractivity contribution in [2.75, 3.05) is 0 Å². The van der Waals surface area contributed by atoms with Gasteiger partial charge in [-0.25, -0.2) is 0 Å². The first kappa shape index (κ1) is 12.9. The van der Waals surface area contributed by atoms with Crippen molar-refractivity contribution in [1.82, 2.24) is 9.97 Å². The van der Waals surface area contributed by atoms with Crippen molar-refractivity contribution in [3.63, 3.8) is 0 Å². The van der Waals surface area contributed by atoms with Crippen LogP contribution in [0.4, 0.5) is 0 Å². The van der Waals surface area contributed by atoms with Crippen molar-refractivity contribution in [3.8, 4) is 0 Å². The van der Waals surface area contributed by atoms with E-state index in [1.54, 1.807) is 18.5 Å². The molecule has 94 valence electrons. The van der Waals surface area contributed by atoms with Crippen molar-refractivity contribution < 1.29 is 4.79 Å². The Kier molecular flexibility index (Phi) is 4.76. The van der Waals surface area contributed by atoms with Crippen LogP contribution in [0.5, 0.6) is 0 Å². The van der Waals surface area contributed by atoms with E-state index in [2.05, 4.69) is 9.97 Å². The van der Waals surface area contributed by atoms with Gasteiger partial charge in [0.2, 0.25) is 0 Å². The second-order valence-corrected chi connectivity index (χ2v) is 3.91. The van der Waals surface area contributed by atoms with Crippen LogP contribution in [0.25, 0.3) is 18.2 Å². The summed E-state index contributed by atoms with van der Waals surface area (Å²) in [6.45, 7) is 0. The van der Waals surface area contributed by atoms with Crippen LogP contribution in [0.2, 0.25) is 0 Å². The van der Waals surface area contributed by atoms with E-state index in [9.17, 15) is 4.79 Å². The number of hydrogen-bond donors (Lipinski definition) is 0. The molecule has 3 nitrogen and oxygen atoms in total. The number of aromatic nitrogens is 2. The highest BCUT2D eigenvalue weighted by Gasteiger charge is 1.90. The molecule has 2 aromatic heterocycles. The Morgan fingerprint density at radius 3 is 2.53 bits per heavy atom. The Hall–Kier alpha value is -2.55. The minimum Gasteiger partial charge on any atom is -0.303 e. The molecule has 3 heteroatoms. The summed E-state index contributed by atoms with van der Waals surface area (Å²) in [5.41, 5.74) is 2.77. The molecule has 0 bridgehead atoms. The Balaban J connectivity index is 2.02. The average Bonchev–Trinajstić information content (AvgIpc) is 2.48.